The molecule has 4 heteroatoms. The lowest BCUT2D eigenvalue weighted by atomic mass is 9.89. The number of aliphatic hydroxyl groups is 1. The van der Waals surface area contributed by atoms with Crippen molar-refractivity contribution in [3.63, 3.8) is 0 Å². The molecule has 0 saturated heterocycles. The summed E-state index contributed by atoms with van der Waals surface area (Å²) in [5.41, 5.74) is -1.22. The van der Waals surface area contributed by atoms with Gasteiger partial charge in [-0.3, -0.25) is 0 Å². The molecule has 0 aliphatic heterocycles. The molecule has 0 heterocycles. The van der Waals surface area contributed by atoms with Gasteiger partial charge in [-0.1, -0.05) is 0 Å². The number of aliphatic carboxylic acids is 1. The molecule has 1 unspecified atom stereocenters. The number of carbonyl (C=O) groups is 1. The van der Waals surface area contributed by atoms with Crippen LogP contribution in [0.1, 0.15) is 13.8 Å². The van der Waals surface area contributed by atoms with Crippen LogP contribution in [0.5, 0.6) is 0 Å². The molecular formula is C6H9NO3. The lowest BCUT2D eigenvalue weighted by Crippen LogP contribution is -2.35. The first-order valence-electron chi connectivity index (χ1n) is 2.74. The summed E-state index contributed by atoms with van der Waals surface area (Å²) < 4.78 is 0. The molecule has 1 atom stereocenters. The van der Waals surface area contributed by atoms with E-state index in [2.05, 4.69) is 0 Å². The van der Waals surface area contributed by atoms with Crippen LogP contribution < -0.4 is 0 Å². The summed E-state index contributed by atoms with van der Waals surface area (Å²) >= 11 is 0. The zero-order valence-corrected chi connectivity index (χ0v) is 5.83. The second kappa shape index (κ2) is 2.67. The van der Waals surface area contributed by atoms with Crippen LogP contribution in [0.4, 0.5) is 0 Å². The fraction of sp³-hybridized carbons (Fsp3) is 0.667. The predicted molar refractivity (Wildman–Crippen MR) is 33.0 cm³/mol. The number of carboxylic acids is 1. The number of carboxylic acid groups (broad SMARTS) is 1. The van der Waals surface area contributed by atoms with E-state index in [-0.39, 0.29) is 0 Å². The van der Waals surface area contributed by atoms with Crippen LogP contribution in [0.3, 0.4) is 0 Å². The Morgan fingerprint density at radius 3 is 2.20 bits per heavy atom. The van der Waals surface area contributed by atoms with Gasteiger partial charge in [0.25, 0.3) is 0 Å². The first-order valence-corrected chi connectivity index (χ1v) is 2.74. The van der Waals surface area contributed by atoms with Crippen molar-refractivity contribution < 1.29 is 15.0 Å². The van der Waals surface area contributed by atoms with E-state index in [1.54, 1.807) is 6.07 Å². The summed E-state index contributed by atoms with van der Waals surface area (Å²) in [6.45, 7) is 2.73. The SMILES string of the molecule is CC(C)(C#N)C(O)C(=O)O. The van der Waals surface area contributed by atoms with Crippen LogP contribution in [0.2, 0.25) is 0 Å². The Bertz CT molecular complexity index is 180. The van der Waals surface area contributed by atoms with E-state index in [1.165, 1.54) is 13.8 Å². The van der Waals surface area contributed by atoms with Crippen molar-refractivity contribution in [2.24, 2.45) is 5.41 Å². The van der Waals surface area contributed by atoms with E-state index >= 15 is 0 Å². The van der Waals surface area contributed by atoms with Crippen molar-refractivity contribution in [3.05, 3.63) is 0 Å². The Balaban J connectivity index is 4.37. The Hall–Kier alpha value is -1.08. The lowest BCUT2D eigenvalue weighted by molar-refractivity contribution is -0.151. The van der Waals surface area contributed by atoms with Gasteiger partial charge in [-0.05, 0) is 13.8 Å². The molecule has 0 amide bonds. The topological polar surface area (TPSA) is 81.3 Å². The summed E-state index contributed by atoms with van der Waals surface area (Å²) in [6.07, 6.45) is -1.61. The average molecular weight is 143 g/mol. The molecule has 2 N–H and O–H groups in total. The molecule has 0 aliphatic carbocycles. The second-order valence-corrected chi connectivity index (χ2v) is 2.57. The second-order valence-electron chi connectivity index (χ2n) is 2.57. The van der Waals surface area contributed by atoms with Gasteiger partial charge in [0.15, 0.2) is 6.10 Å². The van der Waals surface area contributed by atoms with Gasteiger partial charge in [-0.2, -0.15) is 5.26 Å². The van der Waals surface area contributed by atoms with Gasteiger partial charge in [0.1, 0.15) is 0 Å². The monoisotopic (exact) mass is 143 g/mol. The maximum atomic E-state index is 10.1. The van der Waals surface area contributed by atoms with Crippen LogP contribution >= 0.6 is 0 Å². The first-order chi connectivity index (χ1) is 4.41. The highest BCUT2D eigenvalue weighted by Crippen LogP contribution is 2.18. The third kappa shape index (κ3) is 1.71. The van der Waals surface area contributed by atoms with E-state index in [4.69, 9.17) is 15.5 Å². The average Bonchev–Trinajstić information content (AvgIpc) is 1.86. The number of hydrogen-bond acceptors (Lipinski definition) is 3. The molecule has 0 radical (unpaired) electrons. The van der Waals surface area contributed by atoms with Crippen LogP contribution in [-0.2, 0) is 4.79 Å². The van der Waals surface area contributed by atoms with Gasteiger partial charge in [0.2, 0.25) is 0 Å². The third-order valence-corrected chi connectivity index (χ3v) is 1.21. The van der Waals surface area contributed by atoms with Crippen molar-refractivity contribution >= 4 is 5.97 Å². The molecule has 0 rings (SSSR count). The maximum Gasteiger partial charge on any atom is 0.334 e. The number of rotatable bonds is 2. The molecular weight excluding hydrogens is 134 g/mol. The van der Waals surface area contributed by atoms with Gasteiger partial charge >= 0.3 is 5.97 Å². The molecule has 10 heavy (non-hydrogen) atoms. The number of nitriles is 1. The zero-order chi connectivity index (χ0) is 8.36. The highest BCUT2D eigenvalue weighted by atomic mass is 16.4. The van der Waals surface area contributed by atoms with Crippen molar-refractivity contribution in [1.29, 1.82) is 5.26 Å². The van der Waals surface area contributed by atoms with Crippen LogP contribution in [-0.4, -0.2) is 22.3 Å². The third-order valence-electron chi connectivity index (χ3n) is 1.21. The molecule has 0 spiro atoms. The molecule has 0 aromatic heterocycles. The lowest BCUT2D eigenvalue weighted by Gasteiger charge is -2.17. The molecule has 0 aromatic carbocycles. The van der Waals surface area contributed by atoms with Gasteiger partial charge in [-0.15, -0.1) is 0 Å². The quantitative estimate of drug-likeness (QED) is 0.569. The number of aliphatic hydroxyl groups excluding tert-OH is 1. The first kappa shape index (κ1) is 8.92. The predicted octanol–water partition coefficient (Wildman–Crippen LogP) is -0.0183. The molecule has 4 nitrogen and oxygen atoms in total. The minimum atomic E-state index is -1.61. The number of nitrogens with zero attached hydrogens (tertiary/aromatic N) is 1. The summed E-state index contributed by atoms with van der Waals surface area (Å²) in [5.74, 6) is -1.37. The summed E-state index contributed by atoms with van der Waals surface area (Å²) in [5, 5.41) is 25.4. The highest BCUT2D eigenvalue weighted by molar-refractivity contribution is 5.73. The fourth-order valence-corrected chi connectivity index (χ4v) is 0.370. The van der Waals surface area contributed by atoms with E-state index in [0.29, 0.717) is 0 Å². The van der Waals surface area contributed by atoms with Gasteiger partial charge in [0.05, 0.1) is 11.5 Å². The largest absolute Gasteiger partial charge is 0.479 e. The molecule has 56 valence electrons. The minimum Gasteiger partial charge on any atom is -0.479 e. The van der Waals surface area contributed by atoms with E-state index < -0.39 is 17.5 Å². The summed E-state index contributed by atoms with van der Waals surface area (Å²) in [6, 6.07) is 1.69. The van der Waals surface area contributed by atoms with Crippen molar-refractivity contribution in [2.75, 3.05) is 0 Å². The Kier molecular flexibility index (Phi) is 2.38. The summed E-state index contributed by atoms with van der Waals surface area (Å²) in [7, 11) is 0. The maximum absolute atomic E-state index is 10.1. The van der Waals surface area contributed by atoms with E-state index in [0.717, 1.165) is 0 Å². The van der Waals surface area contributed by atoms with Gasteiger partial charge < -0.3 is 10.2 Å². The van der Waals surface area contributed by atoms with Crippen molar-refractivity contribution in [2.45, 2.75) is 20.0 Å². The number of hydrogen-bond donors (Lipinski definition) is 2. The summed E-state index contributed by atoms with van der Waals surface area (Å²) in [4.78, 5) is 10.1. The Labute approximate surface area is 58.7 Å². The van der Waals surface area contributed by atoms with E-state index in [9.17, 15) is 4.79 Å². The Morgan fingerprint density at radius 2 is 2.10 bits per heavy atom. The van der Waals surface area contributed by atoms with Crippen LogP contribution in [0.25, 0.3) is 0 Å². The van der Waals surface area contributed by atoms with Crippen molar-refractivity contribution in [3.8, 4) is 6.07 Å². The highest BCUT2D eigenvalue weighted by Gasteiger charge is 2.33. The molecule has 0 aromatic rings. The van der Waals surface area contributed by atoms with E-state index in [1.807, 2.05) is 0 Å². The standard InChI is InChI=1S/C6H9NO3/c1-6(2,3-7)4(8)5(9)10/h4,8H,1-2H3,(H,9,10). The Morgan fingerprint density at radius 1 is 1.70 bits per heavy atom. The molecule has 0 saturated carbocycles. The normalized spacial score (nSPS) is 13.8. The van der Waals surface area contributed by atoms with Crippen LogP contribution in [0.15, 0.2) is 0 Å². The van der Waals surface area contributed by atoms with Gasteiger partial charge in [-0.25, -0.2) is 4.79 Å². The van der Waals surface area contributed by atoms with Gasteiger partial charge in [0, 0.05) is 0 Å². The molecule has 0 aliphatic rings. The van der Waals surface area contributed by atoms with Crippen LogP contribution in [0, 0.1) is 16.7 Å². The van der Waals surface area contributed by atoms with Crippen molar-refractivity contribution in [1.82, 2.24) is 0 Å². The zero-order valence-electron chi connectivity index (χ0n) is 5.83. The fourth-order valence-electron chi connectivity index (χ4n) is 0.370. The smallest absolute Gasteiger partial charge is 0.334 e. The molecule has 0 bridgehead atoms. The minimum absolute atomic E-state index is 1.22. The molecule has 0 fully saturated rings.